The molecule has 0 aliphatic carbocycles. The van der Waals surface area contributed by atoms with Crippen LogP contribution in [-0.4, -0.2) is 32.8 Å². The molecule has 2 N–H and O–H groups in total. The minimum absolute atomic E-state index is 0.0712. The second-order valence-electron chi connectivity index (χ2n) is 5.44. The van der Waals surface area contributed by atoms with Gasteiger partial charge in [0.05, 0.1) is 20.6 Å². The maximum absolute atomic E-state index is 12.1. The van der Waals surface area contributed by atoms with Gasteiger partial charge in [-0.3, -0.25) is 20.4 Å². The van der Waals surface area contributed by atoms with Crippen molar-refractivity contribution >= 4 is 11.8 Å². The van der Waals surface area contributed by atoms with Gasteiger partial charge in [0, 0.05) is 5.56 Å². The van der Waals surface area contributed by atoms with Gasteiger partial charge in [0.15, 0.2) is 23.0 Å². The fourth-order valence-electron chi connectivity index (χ4n) is 2.46. The third kappa shape index (κ3) is 3.80. The van der Waals surface area contributed by atoms with Crippen LogP contribution in [0.25, 0.3) is 0 Å². The van der Waals surface area contributed by atoms with Crippen LogP contribution in [-0.2, 0) is 11.2 Å². The lowest BCUT2D eigenvalue weighted by Crippen LogP contribution is -2.42. The Balaban J connectivity index is 1.56. The molecule has 0 atom stereocenters. The molecule has 136 valence electrons. The van der Waals surface area contributed by atoms with Crippen LogP contribution in [0, 0.1) is 0 Å². The third-order valence-electron chi connectivity index (χ3n) is 3.76. The molecule has 8 nitrogen and oxygen atoms in total. The van der Waals surface area contributed by atoms with E-state index in [0.717, 1.165) is 5.56 Å². The molecule has 26 heavy (non-hydrogen) atoms. The minimum atomic E-state index is -0.455. The van der Waals surface area contributed by atoms with Gasteiger partial charge in [0.25, 0.3) is 5.91 Å². The normalized spacial score (nSPS) is 11.6. The van der Waals surface area contributed by atoms with Gasteiger partial charge in [-0.2, -0.15) is 0 Å². The zero-order chi connectivity index (χ0) is 18.5. The van der Waals surface area contributed by atoms with E-state index in [1.54, 1.807) is 36.4 Å². The van der Waals surface area contributed by atoms with Crippen LogP contribution in [0.3, 0.4) is 0 Å². The predicted octanol–water partition coefficient (Wildman–Crippen LogP) is 1.44. The standard InChI is InChI=1S/C18H18N2O6/c1-23-13-5-3-11(7-15(13)24-2)8-17(21)19-20-18(22)12-4-6-14-16(9-12)26-10-25-14/h3-7,9H,8,10H2,1-2H3,(H,19,21)(H,20,22). The number of hydrogen-bond acceptors (Lipinski definition) is 6. The van der Waals surface area contributed by atoms with Crippen molar-refractivity contribution in [1.29, 1.82) is 0 Å². The molecule has 2 aromatic rings. The highest BCUT2D eigenvalue weighted by Crippen LogP contribution is 2.32. The highest BCUT2D eigenvalue weighted by molar-refractivity contribution is 5.96. The molecule has 1 heterocycles. The van der Waals surface area contributed by atoms with Crippen LogP contribution in [0.4, 0.5) is 0 Å². The number of hydrazine groups is 1. The molecule has 0 aromatic heterocycles. The van der Waals surface area contributed by atoms with Crippen LogP contribution < -0.4 is 29.8 Å². The van der Waals surface area contributed by atoms with Crippen molar-refractivity contribution in [1.82, 2.24) is 10.9 Å². The van der Waals surface area contributed by atoms with Crippen molar-refractivity contribution in [2.45, 2.75) is 6.42 Å². The summed E-state index contributed by atoms with van der Waals surface area (Å²) in [4.78, 5) is 24.2. The van der Waals surface area contributed by atoms with Gasteiger partial charge in [-0.05, 0) is 35.9 Å². The Morgan fingerprint density at radius 1 is 0.962 bits per heavy atom. The zero-order valence-corrected chi connectivity index (χ0v) is 14.3. The summed E-state index contributed by atoms with van der Waals surface area (Å²) in [6, 6.07) is 9.95. The highest BCUT2D eigenvalue weighted by Gasteiger charge is 2.16. The van der Waals surface area contributed by atoms with Crippen LogP contribution in [0.5, 0.6) is 23.0 Å². The summed E-state index contributed by atoms with van der Waals surface area (Å²) < 4.78 is 20.8. The Morgan fingerprint density at radius 3 is 2.50 bits per heavy atom. The molecule has 0 bridgehead atoms. The summed E-state index contributed by atoms with van der Waals surface area (Å²) >= 11 is 0. The van der Waals surface area contributed by atoms with Crippen molar-refractivity contribution < 1.29 is 28.5 Å². The molecular formula is C18H18N2O6. The number of rotatable bonds is 5. The van der Waals surface area contributed by atoms with Gasteiger partial charge in [-0.1, -0.05) is 6.07 Å². The number of hydrogen-bond donors (Lipinski definition) is 2. The molecule has 1 aliphatic rings. The fourth-order valence-corrected chi connectivity index (χ4v) is 2.46. The molecule has 2 amide bonds. The molecule has 0 saturated carbocycles. The van der Waals surface area contributed by atoms with Crippen LogP contribution in [0.1, 0.15) is 15.9 Å². The molecule has 2 aromatic carbocycles. The summed E-state index contributed by atoms with van der Waals surface area (Å²) in [5.41, 5.74) is 5.82. The van der Waals surface area contributed by atoms with Crippen molar-refractivity contribution in [2.24, 2.45) is 0 Å². The zero-order valence-electron chi connectivity index (χ0n) is 14.3. The average molecular weight is 358 g/mol. The Kier molecular flexibility index (Phi) is 5.12. The first-order valence-electron chi connectivity index (χ1n) is 7.80. The number of benzene rings is 2. The number of methoxy groups -OCH3 is 2. The van der Waals surface area contributed by atoms with Gasteiger partial charge in [-0.25, -0.2) is 0 Å². The second kappa shape index (κ2) is 7.64. The SMILES string of the molecule is COc1ccc(CC(=O)NNC(=O)c2ccc3c(c2)OCO3)cc1OC. The summed E-state index contributed by atoms with van der Waals surface area (Å²) in [5, 5.41) is 0. The number of ether oxygens (including phenoxy) is 4. The van der Waals surface area contributed by atoms with Crippen molar-refractivity contribution in [2.75, 3.05) is 21.0 Å². The van der Waals surface area contributed by atoms with Gasteiger partial charge >= 0.3 is 0 Å². The minimum Gasteiger partial charge on any atom is -0.493 e. The molecule has 0 saturated heterocycles. The van der Waals surface area contributed by atoms with E-state index in [1.807, 2.05) is 0 Å². The van der Waals surface area contributed by atoms with Crippen LogP contribution in [0.2, 0.25) is 0 Å². The van der Waals surface area contributed by atoms with E-state index in [4.69, 9.17) is 18.9 Å². The smallest absolute Gasteiger partial charge is 0.269 e. The predicted molar refractivity (Wildman–Crippen MR) is 91.4 cm³/mol. The van der Waals surface area contributed by atoms with E-state index >= 15 is 0 Å². The Bertz CT molecular complexity index is 836. The summed E-state index contributed by atoms with van der Waals surface area (Å²) in [5.74, 6) is 1.36. The first-order chi connectivity index (χ1) is 12.6. The highest BCUT2D eigenvalue weighted by atomic mass is 16.7. The summed E-state index contributed by atoms with van der Waals surface area (Å²) in [6.45, 7) is 0.127. The Hall–Kier alpha value is -3.42. The van der Waals surface area contributed by atoms with Gasteiger partial charge in [0.1, 0.15) is 0 Å². The number of amides is 2. The fraction of sp³-hybridized carbons (Fsp3) is 0.222. The van der Waals surface area contributed by atoms with Crippen molar-refractivity contribution in [3.8, 4) is 23.0 Å². The Labute approximate surface area is 150 Å². The largest absolute Gasteiger partial charge is 0.493 e. The first kappa shape index (κ1) is 17.4. The average Bonchev–Trinajstić information content (AvgIpc) is 3.13. The number of carbonyl (C=O) groups is 2. The molecular weight excluding hydrogens is 340 g/mol. The lowest BCUT2D eigenvalue weighted by Gasteiger charge is -2.10. The molecule has 0 radical (unpaired) electrons. The number of fused-ring (bicyclic) bond motifs is 1. The monoisotopic (exact) mass is 358 g/mol. The van der Waals surface area contributed by atoms with E-state index in [2.05, 4.69) is 10.9 Å². The summed E-state index contributed by atoms with van der Waals surface area (Å²) in [7, 11) is 3.06. The van der Waals surface area contributed by atoms with Crippen molar-refractivity contribution in [3.63, 3.8) is 0 Å². The maximum atomic E-state index is 12.1. The summed E-state index contributed by atoms with van der Waals surface area (Å²) in [6.07, 6.45) is 0.0712. The van der Waals surface area contributed by atoms with E-state index in [0.29, 0.717) is 28.6 Å². The van der Waals surface area contributed by atoms with E-state index in [9.17, 15) is 9.59 Å². The lowest BCUT2D eigenvalue weighted by molar-refractivity contribution is -0.121. The van der Waals surface area contributed by atoms with Crippen LogP contribution >= 0.6 is 0 Å². The van der Waals surface area contributed by atoms with Gasteiger partial charge in [0.2, 0.25) is 12.7 Å². The topological polar surface area (TPSA) is 95.1 Å². The van der Waals surface area contributed by atoms with Crippen molar-refractivity contribution in [3.05, 3.63) is 47.5 Å². The van der Waals surface area contributed by atoms with Gasteiger partial charge in [-0.15, -0.1) is 0 Å². The number of nitrogens with one attached hydrogen (secondary N) is 2. The Morgan fingerprint density at radius 2 is 1.73 bits per heavy atom. The molecule has 0 unspecified atom stereocenters. The molecule has 0 spiro atoms. The van der Waals surface area contributed by atoms with Gasteiger partial charge < -0.3 is 18.9 Å². The number of carbonyl (C=O) groups excluding carboxylic acids is 2. The lowest BCUT2D eigenvalue weighted by atomic mass is 10.1. The molecule has 8 heteroatoms. The second-order valence-corrected chi connectivity index (χ2v) is 5.44. The van der Waals surface area contributed by atoms with E-state index in [-0.39, 0.29) is 19.1 Å². The van der Waals surface area contributed by atoms with E-state index in [1.165, 1.54) is 14.2 Å². The van der Waals surface area contributed by atoms with Crippen LogP contribution in [0.15, 0.2) is 36.4 Å². The molecule has 0 fully saturated rings. The first-order valence-corrected chi connectivity index (χ1v) is 7.80. The van der Waals surface area contributed by atoms with E-state index < -0.39 is 5.91 Å². The molecule has 1 aliphatic heterocycles. The maximum Gasteiger partial charge on any atom is 0.269 e. The molecule has 3 rings (SSSR count). The quantitative estimate of drug-likeness (QED) is 0.786. The third-order valence-corrected chi connectivity index (χ3v) is 3.76.